The van der Waals surface area contributed by atoms with E-state index in [4.69, 9.17) is 9.84 Å². The number of aliphatic carboxylic acids is 1. The molecule has 0 radical (unpaired) electrons. The zero-order valence-corrected chi connectivity index (χ0v) is 13.3. The zero-order valence-electron chi connectivity index (χ0n) is 13.3. The molecule has 0 aliphatic heterocycles. The van der Waals surface area contributed by atoms with E-state index in [0.717, 1.165) is 6.42 Å². The van der Waals surface area contributed by atoms with Crippen LogP contribution in [-0.4, -0.2) is 17.2 Å². The molecule has 0 aromatic heterocycles. The minimum atomic E-state index is -0.909. The maximum Gasteiger partial charge on any atom is 0.344 e. The maximum atomic E-state index is 10.9. The Morgan fingerprint density at radius 2 is 1.67 bits per heavy atom. The molecule has 1 aromatic carbocycles. The van der Waals surface area contributed by atoms with Gasteiger partial charge in [0.25, 0.3) is 0 Å². The molecule has 0 spiro atoms. The summed E-state index contributed by atoms with van der Waals surface area (Å²) in [7, 11) is 0. The molecule has 21 heavy (non-hydrogen) atoms. The van der Waals surface area contributed by atoms with Crippen molar-refractivity contribution in [1.82, 2.24) is 0 Å². The number of carboxylic acid groups (broad SMARTS) is 1. The maximum absolute atomic E-state index is 10.9. The van der Waals surface area contributed by atoms with Gasteiger partial charge in [0.2, 0.25) is 0 Å². The van der Waals surface area contributed by atoms with Crippen molar-refractivity contribution in [3.05, 3.63) is 29.8 Å². The highest BCUT2D eigenvalue weighted by atomic mass is 16.5. The van der Waals surface area contributed by atoms with E-state index < -0.39 is 12.1 Å². The van der Waals surface area contributed by atoms with Gasteiger partial charge in [-0.05, 0) is 37.0 Å². The van der Waals surface area contributed by atoms with Crippen LogP contribution in [0.4, 0.5) is 0 Å². The molecule has 1 unspecified atom stereocenters. The fraction of sp³-hybridized carbons (Fsp3) is 0.611. The zero-order chi connectivity index (χ0) is 15.5. The number of aryl methyl sites for hydroxylation is 1. The Morgan fingerprint density at radius 3 is 2.24 bits per heavy atom. The number of rotatable bonds is 11. The molecule has 1 N–H and O–H groups in total. The second kappa shape index (κ2) is 10.3. The van der Waals surface area contributed by atoms with Crippen LogP contribution in [0.25, 0.3) is 0 Å². The number of carboxylic acids is 1. The number of ether oxygens (including phenoxy) is 1. The normalized spacial score (nSPS) is 12.1. The number of hydrogen-bond donors (Lipinski definition) is 1. The van der Waals surface area contributed by atoms with Gasteiger partial charge >= 0.3 is 5.97 Å². The van der Waals surface area contributed by atoms with Gasteiger partial charge in [-0.1, -0.05) is 58.1 Å². The Bertz CT molecular complexity index is 397. The van der Waals surface area contributed by atoms with Crippen LogP contribution >= 0.6 is 0 Å². The summed E-state index contributed by atoms with van der Waals surface area (Å²) in [5.41, 5.74) is 1.29. The first-order valence-electron chi connectivity index (χ1n) is 8.15. The first kappa shape index (κ1) is 17.5. The lowest BCUT2D eigenvalue weighted by Crippen LogP contribution is -2.25. The summed E-state index contributed by atoms with van der Waals surface area (Å²) in [6.07, 6.45) is 8.60. The van der Waals surface area contributed by atoms with Gasteiger partial charge < -0.3 is 9.84 Å². The van der Waals surface area contributed by atoms with Crippen LogP contribution < -0.4 is 4.74 Å². The molecule has 3 nitrogen and oxygen atoms in total. The van der Waals surface area contributed by atoms with E-state index in [0.29, 0.717) is 12.2 Å². The summed E-state index contributed by atoms with van der Waals surface area (Å²) in [6.45, 7) is 4.04. The van der Waals surface area contributed by atoms with Gasteiger partial charge in [0.05, 0.1) is 0 Å². The molecule has 0 heterocycles. The van der Waals surface area contributed by atoms with Crippen molar-refractivity contribution < 1.29 is 14.6 Å². The Labute approximate surface area is 128 Å². The van der Waals surface area contributed by atoms with Crippen molar-refractivity contribution in [3.8, 4) is 5.75 Å². The first-order valence-corrected chi connectivity index (χ1v) is 8.15. The van der Waals surface area contributed by atoms with Crippen LogP contribution in [0.3, 0.4) is 0 Å². The van der Waals surface area contributed by atoms with E-state index in [9.17, 15) is 4.79 Å². The Kier molecular flexibility index (Phi) is 8.56. The highest BCUT2D eigenvalue weighted by Crippen LogP contribution is 2.17. The van der Waals surface area contributed by atoms with Gasteiger partial charge in [-0.2, -0.15) is 0 Å². The molecule has 1 aromatic rings. The number of benzene rings is 1. The standard InChI is InChI=1S/C18H28O3/c1-3-5-6-7-8-9-10-15-11-13-16(14-12-15)21-17(4-2)18(19)20/h11-14,17H,3-10H2,1-2H3,(H,19,20). The Hall–Kier alpha value is -1.51. The second-order valence-corrected chi connectivity index (χ2v) is 5.51. The number of hydrogen-bond acceptors (Lipinski definition) is 2. The van der Waals surface area contributed by atoms with Crippen molar-refractivity contribution in [2.45, 2.75) is 71.3 Å². The van der Waals surface area contributed by atoms with Gasteiger partial charge in [-0.25, -0.2) is 4.79 Å². The van der Waals surface area contributed by atoms with Crippen LogP contribution in [0.5, 0.6) is 5.75 Å². The smallest absolute Gasteiger partial charge is 0.344 e. The third-order valence-electron chi connectivity index (χ3n) is 3.67. The first-order chi connectivity index (χ1) is 10.2. The second-order valence-electron chi connectivity index (χ2n) is 5.51. The Morgan fingerprint density at radius 1 is 1.05 bits per heavy atom. The number of unbranched alkanes of at least 4 members (excludes halogenated alkanes) is 5. The predicted molar refractivity (Wildman–Crippen MR) is 85.9 cm³/mol. The monoisotopic (exact) mass is 292 g/mol. The molecule has 1 rings (SSSR count). The van der Waals surface area contributed by atoms with Gasteiger partial charge in [0.15, 0.2) is 6.10 Å². The van der Waals surface area contributed by atoms with Crippen molar-refractivity contribution in [2.75, 3.05) is 0 Å². The minimum absolute atomic E-state index is 0.467. The fourth-order valence-electron chi connectivity index (χ4n) is 2.32. The van der Waals surface area contributed by atoms with E-state index in [-0.39, 0.29) is 0 Å². The highest BCUT2D eigenvalue weighted by Gasteiger charge is 2.16. The molecule has 0 amide bonds. The molecular weight excluding hydrogens is 264 g/mol. The number of carbonyl (C=O) groups is 1. The van der Waals surface area contributed by atoms with Crippen molar-refractivity contribution in [1.29, 1.82) is 0 Å². The highest BCUT2D eigenvalue weighted by molar-refractivity contribution is 5.72. The molecule has 0 aliphatic rings. The summed E-state index contributed by atoms with van der Waals surface area (Å²) in [5.74, 6) is -0.274. The molecule has 0 aliphatic carbocycles. The summed E-state index contributed by atoms with van der Waals surface area (Å²) < 4.78 is 5.45. The van der Waals surface area contributed by atoms with Gasteiger partial charge in [-0.3, -0.25) is 0 Å². The average Bonchev–Trinajstić information content (AvgIpc) is 2.49. The van der Waals surface area contributed by atoms with E-state index in [2.05, 4.69) is 6.92 Å². The lowest BCUT2D eigenvalue weighted by molar-refractivity contribution is -0.145. The molecule has 0 saturated carbocycles. The molecule has 0 saturated heterocycles. The Balaban J connectivity index is 2.31. The summed E-state index contributed by atoms with van der Waals surface area (Å²) >= 11 is 0. The molecular formula is C18H28O3. The molecule has 0 bridgehead atoms. The van der Waals surface area contributed by atoms with Crippen LogP contribution in [0.15, 0.2) is 24.3 Å². The average molecular weight is 292 g/mol. The lowest BCUT2D eigenvalue weighted by atomic mass is 10.0. The van der Waals surface area contributed by atoms with E-state index in [1.165, 1.54) is 44.1 Å². The molecule has 1 atom stereocenters. The predicted octanol–water partition coefficient (Wildman–Crippen LogP) is 4.83. The van der Waals surface area contributed by atoms with Crippen molar-refractivity contribution in [2.24, 2.45) is 0 Å². The van der Waals surface area contributed by atoms with Crippen molar-refractivity contribution in [3.63, 3.8) is 0 Å². The molecule has 3 heteroatoms. The van der Waals surface area contributed by atoms with Gasteiger partial charge in [-0.15, -0.1) is 0 Å². The van der Waals surface area contributed by atoms with Crippen LogP contribution in [0.1, 0.15) is 64.4 Å². The topological polar surface area (TPSA) is 46.5 Å². The van der Waals surface area contributed by atoms with E-state index in [1.807, 2.05) is 31.2 Å². The fourth-order valence-corrected chi connectivity index (χ4v) is 2.32. The SMILES string of the molecule is CCCCCCCCc1ccc(OC(CC)C(=O)O)cc1. The minimum Gasteiger partial charge on any atom is -0.479 e. The van der Waals surface area contributed by atoms with Gasteiger partial charge in [0.1, 0.15) is 5.75 Å². The van der Waals surface area contributed by atoms with Crippen LogP contribution in [0.2, 0.25) is 0 Å². The quantitative estimate of drug-likeness (QED) is 0.594. The molecule has 118 valence electrons. The van der Waals surface area contributed by atoms with Crippen LogP contribution in [0, 0.1) is 0 Å². The lowest BCUT2D eigenvalue weighted by Gasteiger charge is -2.13. The largest absolute Gasteiger partial charge is 0.479 e. The summed E-state index contributed by atoms with van der Waals surface area (Å²) in [5, 5.41) is 8.97. The van der Waals surface area contributed by atoms with E-state index >= 15 is 0 Å². The third kappa shape index (κ3) is 7.16. The van der Waals surface area contributed by atoms with Crippen LogP contribution in [-0.2, 0) is 11.2 Å². The third-order valence-corrected chi connectivity index (χ3v) is 3.67. The van der Waals surface area contributed by atoms with Gasteiger partial charge in [0, 0.05) is 0 Å². The molecule has 0 fully saturated rings. The summed E-state index contributed by atoms with van der Waals surface area (Å²) in [6, 6.07) is 7.82. The van der Waals surface area contributed by atoms with E-state index in [1.54, 1.807) is 0 Å². The summed E-state index contributed by atoms with van der Waals surface area (Å²) in [4.78, 5) is 10.9. The van der Waals surface area contributed by atoms with Crippen molar-refractivity contribution >= 4 is 5.97 Å².